The van der Waals surface area contributed by atoms with E-state index in [1.54, 1.807) is 6.07 Å². The quantitative estimate of drug-likeness (QED) is 0.632. The van der Waals surface area contributed by atoms with E-state index >= 15 is 0 Å². The molecule has 0 radical (unpaired) electrons. The van der Waals surface area contributed by atoms with E-state index in [9.17, 15) is 4.79 Å². The van der Waals surface area contributed by atoms with Crippen LogP contribution in [0.3, 0.4) is 0 Å². The van der Waals surface area contributed by atoms with Crippen molar-refractivity contribution in [2.24, 2.45) is 5.73 Å². The predicted octanol–water partition coefficient (Wildman–Crippen LogP) is 1.25. The Bertz CT molecular complexity index is 405. The Morgan fingerprint density at radius 3 is 2.72 bits per heavy atom. The van der Waals surface area contributed by atoms with Gasteiger partial charge in [-0.1, -0.05) is 13.8 Å². The van der Waals surface area contributed by atoms with Crippen LogP contribution >= 0.6 is 0 Å². The third-order valence-corrected chi connectivity index (χ3v) is 2.44. The number of aromatic nitrogens is 2. The molecule has 0 saturated carbocycles. The van der Waals surface area contributed by atoms with Gasteiger partial charge in [-0.25, -0.2) is 9.97 Å². The Labute approximate surface area is 107 Å². The Kier molecular flexibility index (Phi) is 5.35. The summed E-state index contributed by atoms with van der Waals surface area (Å²) in [6, 6.07) is 1.71. The predicted molar refractivity (Wildman–Crippen MR) is 72.1 cm³/mol. The lowest BCUT2D eigenvalue weighted by Crippen LogP contribution is -2.12. The lowest BCUT2D eigenvalue weighted by molar-refractivity contribution is -0.118. The standard InChI is InChI=1S/C12H21N5O/c1-8(2)12-16-9(13)7-11(17-12)15-6-4-3-5-10(14)18/h7-8H,3-6H2,1-2H3,(H2,14,18)(H3,13,15,16,17). The van der Waals surface area contributed by atoms with Gasteiger partial charge in [0.1, 0.15) is 17.5 Å². The van der Waals surface area contributed by atoms with E-state index in [2.05, 4.69) is 15.3 Å². The molecule has 1 rings (SSSR count). The lowest BCUT2D eigenvalue weighted by Gasteiger charge is -2.09. The number of nitrogens with one attached hydrogen (secondary N) is 1. The van der Waals surface area contributed by atoms with E-state index < -0.39 is 0 Å². The molecule has 0 aromatic carbocycles. The van der Waals surface area contributed by atoms with Crippen LogP contribution in [0.2, 0.25) is 0 Å². The van der Waals surface area contributed by atoms with Gasteiger partial charge in [-0.15, -0.1) is 0 Å². The van der Waals surface area contributed by atoms with Crippen molar-refractivity contribution in [1.82, 2.24) is 9.97 Å². The van der Waals surface area contributed by atoms with E-state index in [4.69, 9.17) is 11.5 Å². The Balaban J connectivity index is 2.44. The molecule has 6 nitrogen and oxygen atoms in total. The molecule has 0 aliphatic heterocycles. The Hall–Kier alpha value is -1.85. The van der Waals surface area contributed by atoms with Crippen LogP contribution in [-0.4, -0.2) is 22.4 Å². The van der Waals surface area contributed by atoms with E-state index in [-0.39, 0.29) is 11.8 Å². The fourth-order valence-corrected chi connectivity index (χ4v) is 1.47. The van der Waals surface area contributed by atoms with Gasteiger partial charge in [0.05, 0.1) is 0 Å². The number of rotatable bonds is 7. The zero-order valence-corrected chi connectivity index (χ0v) is 10.9. The molecule has 1 heterocycles. The maximum absolute atomic E-state index is 10.6. The molecule has 1 aromatic rings. The fraction of sp³-hybridized carbons (Fsp3) is 0.583. The number of anilines is 2. The maximum atomic E-state index is 10.6. The number of primary amides is 1. The van der Waals surface area contributed by atoms with Gasteiger partial charge in [0.2, 0.25) is 5.91 Å². The highest BCUT2D eigenvalue weighted by Gasteiger charge is 2.06. The minimum atomic E-state index is -0.261. The molecule has 0 unspecified atom stereocenters. The first-order valence-corrected chi connectivity index (χ1v) is 6.15. The molecule has 0 fully saturated rings. The van der Waals surface area contributed by atoms with Gasteiger partial charge < -0.3 is 16.8 Å². The average Bonchev–Trinajstić information content (AvgIpc) is 2.27. The number of nitrogen functional groups attached to an aromatic ring is 1. The van der Waals surface area contributed by atoms with E-state index in [0.717, 1.165) is 31.0 Å². The summed E-state index contributed by atoms with van der Waals surface area (Å²) in [6.45, 7) is 4.78. The second-order valence-corrected chi connectivity index (χ2v) is 4.54. The zero-order chi connectivity index (χ0) is 13.5. The second-order valence-electron chi connectivity index (χ2n) is 4.54. The molecule has 1 amide bonds. The molecule has 0 atom stereocenters. The molecule has 18 heavy (non-hydrogen) atoms. The number of carbonyl (C=O) groups is 1. The highest BCUT2D eigenvalue weighted by Crippen LogP contribution is 2.15. The highest BCUT2D eigenvalue weighted by atomic mass is 16.1. The number of hydrogen-bond donors (Lipinski definition) is 3. The average molecular weight is 251 g/mol. The van der Waals surface area contributed by atoms with Crippen molar-refractivity contribution < 1.29 is 4.79 Å². The van der Waals surface area contributed by atoms with Gasteiger partial charge in [0.15, 0.2) is 0 Å². The van der Waals surface area contributed by atoms with Crippen molar-refractivity contribution in [1.29, 1.82) is 0 Å². The summed E-state index contributed by atoms with van der Waals surface area (Å²) < 4.78 is 0. The van der Waals surface area contributed by atoms with Gasteiger partial charge in [-0.05, 0) is 12.8 Å². The number of unbranched alkanes of at least 4 members (excludes halogenated alkanes) is 1. The summed E-state index contributed by atoms with van der Waals surface area (Å²) in [6.07, 6.45) is 2.06. The zero-order valence-electron chi connectivity index (χ0n) is 10.9. The lowest BCUT2D eigenvalue weighted by atomic mass is 10.2. The van der Waals surface area contributed by atoms with Crippen LogP contribution in [0.15, 0.2) is 6.07 Å². The van der Waals surface area contributed by atoms with Crippen LogP contribution in [0.25, 0.3) is 0 Å². The van der Waals surface area contributed by atoms with E-state index in [1.807, 2.05) is 13.8 Å². The van der Waals surface area contributed by atoms with Crippen LogP contribution in [0.4, 0.5) is 11.6 Å². The first-order chi connectivity index (χ1) is 8.49. The van der Waals surface area contributed by atoms with Crippen molar-refractivity contribution in [3.05, 3.63) is 11.9 Å². The van der Waals surface area contributed by atoms with Gasteiger partial charge in [-0.3, -0.25) is 4.79 Å². The normalized spacial score (nSPS) is 10.6. The maximum Gasteiger partial charge on any atom is 0.217 e. The van der Waals surface area contributed by atoms with E-state index in [0.29, 0.717) is 12.2 Å². The number of nitrogens with two attached hydrogens (primary N) is 2. The van der Waals surface area contributed by atoms with Crippen LogP contribution in [-0.2, 0) is 4.79 Å². The number of carbonyl (C=O) groups excluding carboxylic acids is 1. The summed E-state index contributed by atoms with van der Waals surface area (Å²) in [5.41, 5.74) is 10.8. The van der Waals surface area contributed by atoms with Gasteiger partial charge >= 0.3 is 0 Å². The monoisotopic (exact) mass is 251 g/mol. The minimum Gasteiger partial charge on any atom is -0.384 e. The number of amides is 1. The van der Waals surface area contributed by atoms with Crippen LogP contribution in [0.5, 0.6) is 0 Å². The molecule has 0 spiro atoms. The number of hydrogen-bond acceptors (Lipinski definition) is 5. The van der Waals surface area contributed by atoms with Crippen molar-refractivity contribution in [2.45, 2.75) is 39.0 Å². The van der Waals surface area contributed by atoms with Gasteiger partial charge in [-0.2, -0.15) is 0 Å². The molecule has 100 valence electrons. The fourth-order valence-electron chi connectivity index (χ4n) is 1.47. The first-order valence-electron chi connectivity index (χ1n) is 6.15. The molecular formula is C12H21N5O. The SMILES string of the molecule is CC(C)c1nc(N)cc(NCCCCC(N)=O)n1. The second kappa shape index (κ2) is 6.78. The van der Waals surface area contributed by atoms with Gasteiger partial charge in [0, 0.05) is 24.9 Å². The minimum absolute atomic E-state index is 0.240. The first kappa shape index (κ1) is 14.2. The van der Waals surface area contributed by atoms with Crippen molar-refractivity contribution >= 4 is 17.5 Å². The van der Waals surface area contributed by atoms with Crippen molar-refractivity contribution in [2.75, 3.05) is 17.6 Å². The summed E-state index contributed by atoms with van der Waals surface area (Å²) in [4.78, 5) is 19.1. The molecular weight excluding hydrogens is 230 g/mol. The van der Waals surface area contributed by atoms with Crippen LogP contribution in [0, 0.1) is 0 Å². The topological polar surface area (TPSA) is 107 Å². The molecule has 0 bridgehead atoms. The van der Waals surface area contributed by atoms with Crippen molar-refractivity contribution in [3.63, 3.8) is 0 Å². The smallest absolute Gasteiger partial charge is 0.217 e. The Morgan fingerprint density at radius 2 is 2.11 bits per heavy atom. The summed E-state index contributed by atoms with van der Waals surface area (Å²) in [5.74, 6) is 1.90. The summed E-state index contributed by atoms with van der Waals surface area (Å²) in [5, 5.41) is 3.17. The van der Waals surface area contributed by atoms with Gasteiger partial charge in [0.25, 0.3) is 0 Å². The molecule has 0 aliphatic rings. The number of nitrogens with zero attached hydrogens (tertiary/aromatic N) is 2. The molecule has 5 N–H and O–H groups in total. The Morgan fingerprint density at radius 1 is 1.39 bits per heavy atom. The third kappa shape index (κ3) is 4.99. The van der Waals surface area contributed by atoms with Crippen molar-refractivity contribution in [3.8, 4) is 0 Å². The highest BCUT2D eigenvalue weighted by molar-refractivity contribution is 5.73. The largest absolute Gasteiger partial charge is 0.384 e. The molecule has 0 aliphatic carbocycles. The summed E-state index contributed by atoms with van der Waals surface area (Å²) in [7, 11) is 0. The molecule has 1 aromatic heterocycles. The van der Waals surface area contributed by atoms with E-state index in [1.165, 1.54) is 0 Å². The molecule has 0 saturated heterocycles. The molecule has 6 heteroatoms. The third-order valence-electron chi connectivity index (χ3n) is 2.44. The summed E-state index contributed by atoms with van der Waals surface area (Å²) >= 11 is 0. The van der Waals surface area contributed by atoms with Crippen LogP contribution < -0.4 is 16.8 Å². The van der Waals surface area contributed by atoms with Crippen LogP contribution in [0.1, 0.15) is 44.9 Å².